The second-order valence-electron chi connectivity index (χ2n) is 7.69. The molecule has 32 heavy (non-hydrogen) atoms. The Bertz CT molecular complexity index is 984. The van der Waals surface area contributed by atoms with Gasteiger partial charge in [0.2, 0.25) is 11.9 Å². The van der Waals surface area contributed by atoms with E-state index in [0.717, 1.165) is 30.4 Å². The third kappa shape index (κ3) is 5.04. The fourth-order valence-corrected chi connectivity index (χ4v) is 3.80. The Morgan fingerprint density at radius 3 is 3.00 bits per heavy atom. The molecule has 2 aliphatic rings. The number of halogens is 3. The Labute approximate surface area is 183 Å². The fourth-order valence-electron chi connectivity index (χ4n) is 3.80. The van der Waals surface area contributed by atoms with Gasteiger partial charge in [-0.3, -0.25) is 4.79 Å². The first-order chi connectivity index (χ1) is 15.3. The zero-order chi connectivity index (χ0) is 22.7. The summed E-state index contributed by atoms with van der Waals surface area (Å²) < 4.78 is 46.1. The summed E-state index contributed by atoms with van der Waals surface area (Å²) in [5.41, 5.74) is 1.91. The first-order valence-electron chi connectivity index (χ1n) is 10.5. The number of hydrogen-bond acceptors (Lipinski definition) is 7. The lowest BCUT2D eigenvalue weighted by atomic mass is 10.1. The number of morpholine rings is 1. The van der Waals surface area contributed by atoms with Gasteiger partial charge in [0.1, 0.15) is 11.4 Å². The molecule has 1 atom stereocenters. The first kappa shape index (κ1) is 22.1. The van der Waals surface area contributed by atoms with Crippen LogP contribution in [0.3, 0.4) is 0 Å². The van der Waals surface area contributed by atoms with Crippen molar-refractivity contribution in [2.45, 2.75) is 32.0 Å². The number of anilines is 4. The summed E-state index contributed by atoms with van der Waals surface area (Å²) in [5, 5.41) is 8.99. The Morgan fingerprint density at radius 2 is 2.22 bits per heavy atom. The number of aromatic nitrogens is 2. The van der Waals surface area contributed by atoms with Gasteiger partial charge in [-0.1, -0.05) is 6.92 Å². The molecule has 1 aromatic carbocycles. The number of benzene rings is 1. The maximum Gasteiger partial charge on any atom is 0.421 e. The summed E-state index contributed by atoms with van der Waals surface area (Å²) in [5.74, 6) is -0.286. The Kier molecular flexibility index (Phi) is 6.35. The van der Waals surface area contributed by atoms with Gasteiger partial charge in [0, 0.05) is 50.2 Å². The van der Waals surface area contributed by atoms with Crippen LogP contribution < -0.4 is 16.0 Å². The van der Waals surface area contributed by atoms with Crippen LogP contribution in [0.2, 0.25) is 0 Å². The van der Waals surface area contributed by atoms with Gasteiger partial charge in [-0.2, -0.15) is 18.2 Å². The van der Waals surface area contributed by atoms with Crippen LogP contribution in [0.15, 0.2) is 24.4 Å². The number of fused-ring (bicyclic) bond motifs is 1. The highest BCUT2D eigenvalue weighted by molar-refractivity contribution is 5.76. The minimum atomic E-state index is -4.61. The molecular weight excluding hydrogens is 425 g/mol. The number of ether oxygens (including phenoxy) is 1. The Hall–Kier alpha value is -3.08. The number of carbonyl (C=O) groups is 1. The van der Waals surface area contributed by atoms with Crippen LogP contribution in [0.1, 0.15) is 24.5 Å². The van der Waals surface area contributed by atoms with E-state index in [1.54, 1.807) is 11.8 Å². The van der Waals surface area contributed by atoms with Crippen molar-refractivity contribution in [1.29, 1.82) is 0 Å². The van der Waals surface area contributed by atoms with Gasteiger partial charge in [0.25, 0.3) is 0 Å². The summed E-state index contributed by atoms with van der Waals surface area (Å²) >= 11 is 0. The van der Waals surface area contributed by atoms with E-state index in [0.29, 0.717) is 31.8 Å². The highest BCUT2D eigenvalue weighted by atomic mass is 19.4. The smallest absolute Gasteiger partial charge is 0.384 e. The normalized spacial score (nSPS) is 18.1. The van der Waals surface area contributed by atoms with E-state index in [4.69, 9.17) is 4.74 Å². The molecule has 1 saturated heterocycles. The van der Waals surface area contributed by atoms with Crippen molar-refractivity contribution in [3.63, 3.8) is 0 Å². The molecule has 11 heteroatoms. The number of alkyl halides is 3. The quantitative estimate of drug-likeness (QED) is 0.622. The van der Waals surface area contributed by atoms with Gasteiger partial charge in [0.05, 0.1) is 12.7 Å². The molecule has 3 N–H and O–H groups in total. The van der Waals surface area contributed by atoms with Crippen molar-refractivity contribution in [3.8, 4) is 0 Å². The van der Waals surface area contributed by atoms with Crippen LogP contribution in [0.4, 0.5) is 36.3 Å². The standard InChI is InChI=1S/C21H25F3N6O2/c1-2-18(31)30-7-8-32-15(12-30)10-26-19-16(21(22,23)24)11-27-20(29-19)28-14-3-4-17-13(9-14)5-6-25-17/h3-4,9,11,15,25H,2,5-8,10,12H2,1H3,(H2,26,27,28,29). The summed E-state index contributed by atoms with van der Waals surface area (Å²) in [6.45, 7) is 3.85. The van der Waals surface area contributed by atoms with Crippen molar-refractivity contribution < 1.29 is 22.7 Å². The predicted molar refractivity (Wildman–Crippen MR) is 114 cm³/mol. The van der Waals surface area contributed by atoms with Crippen LogP contribution in [-0.2, 0) is 22.1 Å². The van der Waals surface area contributed by atoms with Crippen molar-refractivity contribution in [2.75, 3.05) is 48.7 Å². The van der Waals surface area contributed by atoms with Crippen molar-refractivity contribution in [3.05, 3.63) is 35.5 Å². The minimum Gasteiger partial charge on any atom is -0.384 e. The minimum absolute atomic E-state index is 0.00708. The second kappa shape index (κ2) is 9.19. The topological polar surface area (TPSA) is 91.4 Å². The maximum atomic E-state index is 13.5. The van der Waals surface area contributed by atoms with E-state index >= 15 is 0 Å². The number of rotatable bonds is 6. The van der Waals surface area contributed by atoms with Crippen LogP contribution in [0.5, 0.6) is 0 Å². The third-order valence-corrected chi connectivity index (χ3v) is 5.46. The van der Waals surface area contributed by atoms with Gasteiger partial charge < -0.3 is 25.6 Å². The predicted octanol–water partition coefficient (Wildman–Crippen LogP) is 3.26. The number of nitrogens with one attached hydrogen (secondary N) is 3. The van der Waals surface area contributed by atoms with E-state index in [1.165, 1.54) is 0 Å². The second-order valence-corrected chi connectivity index (χ2v) is 7.69. The lowest BCUT2D eigenvalue weighted by molar-refractivity contribution is -0.137. The van der Waals surface area contributed by atoms with E-state index < -0.39 is 17.8 Å². The lowest BCUT2D eigenvalue weighted by Gasteiger charge is -2.33. The summed E-state index contributed by atoms with van der Waals surface area (Å²) in [4.78, 5) is 21.5. The number of carbonyl (C=O) groups excluding carboxylic acids is 1. The van der Waals surface area contributed by atoms with Gasteiger partial charge in [-0.25, -0.2) is 4.98 Å². The molecule has 1 amide bonds. The number of hydrogen-bond donors (Lipinski definition) is 3. The molecule has 0 aliphatic carbocycles. The summed E-state index contributed by atoms with van der Waals surface area (Å²) in [7, 11) is 0. The SMILES string of the molecule is CCC(=O)N1CCOC(CNc2nc(Nc3ccc4c(c3)CCN4)ncc2C(F)(F)F)C1. The average Bonchev–Trinajstić information content (AvgIpc) is 3.24. The largest absolute Gasteiger partial charge is 0.421 e. The van der Waals surface area contributed by atoms with Crippen LogP contribution in [-0.4, -0.2) is 59.7 Å². The van der Waals surface area contributed by atoms with E-state index in [1.807, 2.05) is 18.2 Å². The Balaban J connectivity index is 1.49. The van der Waals surface area contributed by atoms with Crippen molar-refractivity contribution in [2.24, 2.45) is 0 Å². The van der Waals surface area contributed by atoms with Crippen LogP contribution in [0, 0.1) is 0 Å². The summed E-state index contributed by atoms with van der Waals surface area (Å²) in [6.07, 6.45) is -3.03. The summed E-state index contributed by atoms with van der Waals surface area (Å²) in [6, 6.07) is 5.66. The molecule has 0 radical (unpaired) electrons. The molecule has 0 bridgehead atoms. The molecule has 0 spiro atoms. The average molecular weight is 450 g/mol. The molecule has 8 nitrogen and oxygen atoms in total. The molecule has 2 aromatic rings. The molecule has 0 saturated carbocycles. The Morgan fingerprint density at radius 1 is 1.38 bits per heavy atom. The highest BCUT2D eigenvalue weighted by Gasteiger charge is 2.35. The van der Waals surface area contributed by atoms with Crippen molar-refractivity contribution in [1.82, 2.24) is 14.9 Å². The van der Waals surface area contributed by atoms with Crippen LogP contribution >= 0.6 is 0 Å². The molecule has 4 rings (SSSR count). The van der Waals surface area contributed by atoms with Gasteiger partial charge >= 0.3 is 6.18 Å². The molecule has 1 unspecified atom stereocenters. The monoisotopic (exact) mass is 450 g/mol. The molecule has 1 aromatic heterocycles. The van der Waals surface area contributed by atoms with Crippen molar-refractivity contribution >= 4 is 29.0 Å². The van der Waals surface area contributed by atoms with E-state index in [9.17, 15) is 18.0 Å². The highest BCUT2D eigenvalue weighted by Crippen LogP contribution is 2.34. The third-order valence-electron chi connectivity index (χ3n) is 5.46. The zero-order valence-corrected chi connectivity index (χ0v) is 17.6. The molecule has 1 fully saturated rings. The first-order valence-corrected chi connectivity index (χ1v) is 10.5. The maximum absolute atomic E-state index is 13.5. The number of amides is 1. The lowest BCUT2D eigenvalue weighted by Crippen LogP contribution is -2.47. The molecular formula is C21H25F3N6O2. The molecule has 3 heterocycles. The van der Waals surface area contributed by atoms with Gasteiger partial charge in [0.15, 0.2) is 0 Å². The molecule has 2 aliphatic heterocycles. The molecule has 172 valence electrons. The fraction of sp³-hybridized carbons (Fsp3) is 0.476. The van der Waals surface area contributed by atoms with Crippen LogP contribution in [0.25, 0.3) is 0 Å². The van der Waals surface area contributed by atoms with Gasteiger partial charge in [-0.05, 0) is 30.2 Å². The van der Waals surface area contributed by atoms with E-state index in [-0.39, 0.29) is 24.2 Å². The van der Waals surface area contributed by atoms with E-state index in [2.05, 4.69) is 25.9 Å². The number of nitrogens with zero attached hydrogens (tertiary/aromatic N) is 3. The zero-order valence-electron chi connectivity index (χ0n) is 17.6. The van der Waals surface area contributed by atoms with Gasteiger partial charge in [-0.15, -0.1) is 0 Å².